The molecule has 0 aromatic heterocycles. The van der Waals surface area contributed by atoms with Crippen LogP contribution in [0.4, 0.5) is 0 Å². The number of nitrogens with zero attached hydrogens (tertiary/aromatic N) is 1. The van der Waals surface area contributed by atoms with Crippen molar-refractivity contribution in [2.75, 3.05) is 7.05 Å². The van der Waals surface area contributed by atoms with Crippen LogP contribution in [0.15, 0.2) is 83.2 Å². The zero-order chi connectivity index (χ0) is 24.5. The molecule has 5 nitrogen and oxygen atoms in total. The van der Waals surface area contributed by atoms with Gasteiger partial charge in [-0.15, -0.1) is 0 Å². The van der Waals surface area contributed by atoms with Gasteiger partial charge in [-0.2, -0.15) is 0 Å². The van der Waals surface area contributed by atoms with Gasteiger partial charge in [-0.25, -0.2) is 0 Å². The molecule has 0 aliphatic carbocycles. The highest BCUT2D eigenvalue weighted by Crippen LogP contribution is 2.27. The van der Waals surface area contributed by atoms with Crippen LogP contribution in [-0.4, -0.2) is 18.1 Å². The molecule has 0 atom stereocenters. The summed E-state index contributed by atoms with van der Waals surface area (Å²) in [5.74, 6) is 0.577. The Balaban J connectivity index is 1.84. The van der Waals surface area contributed by atoms with E-state index in [1.54, 1.807) is 37.4 Å². The third-order valence-electron chi connectivity index (χ3n) is 4.54. The summed E-state index contributed by atoms with van der Waals surface area (Å²) in [7, 11) is 1.60. The Hall–Kier alpha value is -2.93. The number of amides is 1. The van der Waals surface area contributed by atoms with Crippen molar-refractivity contribution in [2.24, 2.45) is 4.99 Å². The Kier molecular flexibility index (Phi) is 9.45. The number of carbonyl (C=O) groups excluding carboxylic acids is 1. The molecule has 0 saturated carbocycles. The van der Waals surface area contributed by atoms with Crippen LogP contribution in [-0.2, 0) is 13.2 Å². The van der Waals surface area contributed by atoms with E-state index in [4.69, 9.17) is 32.7 Å². The van der Waals surface area contributed by atoms with E-state index in [-0.39, 0.29) is 19.1 Å². The van der Waals surface area contributed by atoms with Crippen molar-refractivity contribution < 1.29 is 14.3 Å². The van der Waals surface area contributed by atoms with Crippen LogP contribution in [0, 0.1) is 0 Å². The SMILES string of the molecule is C=C(C)SC(=NC)NC(=O)c1cc(OCc2ccccc2Cl)cc(OCc2ccccc2Cl)c1. The van der Waals surface area contributed by atoms with E-state index in [2.05, 4.69) is 16.9 Å². The third kappa shape index (κ3) is 7.55. The van der Waals surface area contributed by atoms with E-state index < -0.39 is 0 Å². The zero-order valence-electron chi connectivity index (χ0n) is 18.8. The number of ether oxygens (including phenoxy) is 2. The predicted molar refractivity (Wildman–Crippen MR) is 141 cm³/mol. The van der Waals surface area contributed by atoms with Gasteiger partial charge in [0.25, 0.3) is 5.91 Å². The number of halogens is 2. The molecule has 0 bridgehead atoms. The van der Waals surface area contributed by atoms with Gasteiger partial charge in [0.15, 0.2) is 5.17 Å². The summed E-state index contributed by atoms with van der Waals surface area (Å²) in [5, 5.41) is 4.45. The first-order valence-electron chi connectivity index (χ1n) is 10.3. The van der Waals surface area contributed by atoms with E-state index in [1.165, 1.54) is 11.8 Å². The molecule has 34 heavy (non-hydrogen) atoms. The molecule has 0 radical (unpaired) electrons. The van der Waals surface area contributed by atoms with E-state index in [0.717, 1.165) is 16.0 Å². The summed E-state index contributed by atoms with van der Waals surface area (Å²) in [6.07, 6.45) is 0. The van der Waals surface area contributed by atoms with Gasteiger partial charge < -0.3 is 14.8 Å². The molecule has 1 N–H and O–H groups in total. The number of benzene rings is 3. The smallest absolute Gasteiger partial charge is 0.257 e. The van der Waals surface area contributed by atoms with Gasteiger partial charge in [-0.05, 0) is 36.1 Å². The Morgan fingerprint density at radius 1 is 0.941 bits per heavy atom. The van der Waals surface area contributed by atoms with Crippen molar-refractivity contribution in [1.82, 2.24) is 5.32 Å². The number of nitrogens with one attached hydrogen (secondary N) is 1. The molecule has 8 heteroatoms. The highest BCUT2D eigenvalue weighted by atomic mass is 35.5. The van der Waals surface area contributed by atoms with Crippen molar-refractivity contribution in [3.05, 3.63) is 105 Å². The number of amidine groups is 1. The Bertz CT molecular complexity index is 1150. The first-order valence-corrected chi connectivity index (χ1v) is 11.9. The Morgan fingerprint density at radius 2 is 1.44 bits per heavy atom. The number of thioether (sulfide) groups is 1. The van der Waals surface area contributed by atoms with Crippen molar-refractivity contribution in [3.8, 4) is 11.5 Å². The molecule has 0 unspecified atom stereocenters. The zero-order valence-corrected chi connectivity index (χ0v) is 21.1. The lowest BCUT2D eigenvalue weighted by atomic mass is 10.2. The fourth-order valence-electron chi connectivity index (χ4n) is 2.88. The highest BCUT2D eigenvalue weighted by Gasteiger charge is 2.14. The van der Waals surface area contributed by atoms with E-state index in [1.807, 2.05) is 43.3 Å². The van der Waals surface area contributed by atoms with Crippen molar-refractivity contribution >= 4 is 46.0 Å². The summed E-state index contributed by atoms with van der Waals surface area (Å²) in [6.45, 7) is 6.16. The number of hydrogen-bond acceptors (Lipinski definition) is 5. The third-order valence-corrected chi connectivity index (χ3v) is 6.10. The lowest BCUT2D eigenvalue weighted by Gasteiger charge is -2.14. The first kappa shape index (κ1) is 25.7. The minimum atomic E-state index is -0.347. The quantitative estimate of drug-likeness (QED) is 0.256. The number of hydrogen-bond donors (Lipinski definition) is 1. The van der Waals surface area contributed by atoms with Gasteiger partial charge in [0.1, 0.15) is 24.7 Å². The molecule has 3 aromatic carbocycles. The lowest BCUT2D eigenvalue weighted by molar-refractivity contribution is 0.0977. The molecule has 176 valence electrons. The molecular weight excluding hydrogens is 491 g/mol. The van der Waals surface area contributed by atoms with Crippen molar-refractivity contribution in [3.63, 3.8) is 0 Å². The summed E-state index contributed by atoms with van der Waals surface area (Å²) < 4.78 is 11.9. The molecule has 0 aliphatic heterocycles. The fraction of sp³-hybridized carbons (Fsp3) is 0.154. The van der Waals surface area contributed by atoms with E-state index >= 15 is 0 Å². The Morgan fingerprint density at radius 3 is 1.88 bits per heavy atom. The molecule has 0 saturated heterocycles. The Labute approximate surface area is 213 Å². The number of allylic oxidation sites excluding steroid dienone is 1. The summed E-state index contributed by atoms with van der Waals surface area (Å²) in [4.78, 5) is 17.9. The maximum absolute atomic E-state index is 13.0. The number of carbonyl (C=O) groups is 1. The van der Waals surface area contributed by atoms with Gasteiger partial charge >= 0.3 is 0 Å². The average Bonchev–Trinajstić information content (AvgIpc) is 2.82. The second-order valence-electron chi connectivity index (χ2n) is 7.24. The van der Waals surface area contributed by atoms with Gasteiger partial charge in [-0.1, -0.05) is 77.9 Å². The van der Waals surface area contributed by atoms with Crippen LogP contribution in [0.5, 0.6) is 11.5 Å². The maximum Gasteiger partial charge on any atom is 0.257 e. The van der Waals surface area contributed by atoms with Crippen molar-refractivity contribution in [2.45, 2.75) is 20.1 Å². The summed E-state index contributed by atoms with van der Waals surface area (Å²) >= 11 is 13.8. The standard InChI is InChI=1S/C26H24Cl2N2O3S/c1-17(2)34-26(29-3)30-25(31)20-12-21(32-15-18-8-4-6-10-23(18)27)14-22(13-20)33-16-19-9-5-7-11-24(19)28/h4-14H,1,15-16H2,2-3H3,(H,29,30,31). The topological polar surface area (TPSA) is 59.9 Å². The maximum atomic E-state index is 13.0. The van der Waals surface area contributed by atoms with Crippen molar-refractivity contribution in [1.29, 1.82) is 0 Å². The molecule has 0 fully saturated rings. The number of aliphatic imine (C=N–C) groups is 1. The molecule has 0 heterocycles. The van der Waals surface area contributed by atoms with Gasteiger partial charge in [0.2, 0.25) is 0 Å². The van der Waals surface area contributed by atoms with Gasteiger partial charge in [0, 0.05) is 39.8 Å². The molecule has 1 amide bonds. The second kappa shape index (κ2) is 12.5. The number of rotatable bonds is 8. The molecule has 3 rings (SSSR count). The van der Waals surface area contributed by atoms with Crippen LogP contribution < -0.4 is 14.8 Å². The minimum absolute atomic E-state index is 0.238. The predicted octanol–water partition coefficient (Wildman–Crippen LogP) is 7.13. The average molecular weight is 515 g/mol. The van der Waals surface area contributed by atoms with Crippen LogP contribution in [0.25, 0.3) is 0 Å². The monoisotopic (exact) mass is 514 g/mol. The second-order valence-corrected chi connectivity index (χ2v) is 9.34. The van der Waals surface area contributed by atoms with Gasteiger partial charge in [0.05, 0.1) is 0 Å². The largest absolute Gasteiger partial charge is 0.489 e. The van der Waals surface area contributed by atoms with Crippen LogP contribution in [0.1, 0.15) is 28.4 Å². The molecule has 3 aromatic rings. The van der Waals surface area contributed by atoms with Crippen LogP contribution in [0.2, 0.25) is 10.0 Å². The normalized spacial score (nSPS) is 11.1. The van der Waals surface area contributed by atoms with E-state index in [0.29, 0.717) is 32.3 Å². The van der Waals surface area contributed by atoms with Gasteiger partial charge in [-0.3, -0.25) is 9.79 Å². The van der Waals surface area contributed by atoms with E-state index in [9.17, 15) is 4.79 Å². The van der Waals surface area contributed by atoms with Crippen LogP contribution >= 0.6 is 35.0 Å². The summed E-state index contributed by atoms with van der Waals surface area (Å²) in [6, 6.07) is 19.9. The highest BCUT2D eigenvalue weighted by molar-refractivity contribution is 8.17. The lowest BCUT2D eigenvalue weighted by Crippen LogP contribution is -2.28. The first-order chi connectivity index (χ1) is 16.4. The molecule has 0 spiro atoms. The summed E-state index contributed by atoms with van der Waals surface area (Å²) in [5.41, 5.74) is 2.01. The molecule has 0 aliphatic rings. The minimum Gasteiger partial charge on any atom is -0.489 e. The molecular formula is C26H24Cl2N2O3S. The fourth-order valence-corrected chi connectivity index (χ4v) is 3.83. The van der Waals surface area contributed by atoms with Crippen LogP contribution in [0.3, 0.4) is 0 Å².